The molecule has 0 aliphatic carbocycles. The lowest BCUT2D eigenvalue weighted by Gasteiger charge is -2.12. The van der Waals surface area contributed by atoms with Gasteiger partial charge in [0.1, 0.15) is 11.6 Å². The van der Waals surface area contributed by atoms with E-state index in [4.69, 9.17) is 4.74 Å². The van der Waals surface area contributed by atoms with E-state index in [2.05, 4.69) is 10.1 Å². The number of nitrogens with one attached hydrogen (secondary N) is 1. The molecule has 0 atom stereocenters. The van der Waals surface area contributed by atoms with E-state index in [0.29, 0.717) is 22.6 Å². The van der Waals surface area contributed by atoms with E-state index in [1.165, 1.54) is 31.4 Å². The number of halogens is 1. The number of methoxy groups -OCH3 is 1. The molecule has 0 saturated heterocycles. The zero-order chi connectivity index (χ0) is 16.8. The number of hydrogen-bond acceptors (Lipinski definition) is 4. The minimum Gasteiger partial charge on any atom is -0.484 e. The number of esters is 1. The number of amides is 1. The predicted molar refractivity (Wildman–Crippen MR) is 83.0 cm³/mol. The molecule has 0 aliphatic rings. The Morgan fingerprint density at radius 3 is 2.48 bits per heavy atom. The van der Waals surface area contributed by atoms with Gasteiger partial charge in [0.15, 0.2) is 6.61 Å². The summed E-state index contributed by atoms with van der Waals surface area (Å²) in [6.45, 7) is 1.48. The summed E-state index contributed by atoms with van der Waals surface area (Å²) in [6.07, 6.45) is 0. The first-order valence-electron chi connectivity index (χ1n) is 6.87. The molecule has 2 aromatic rings. The smallest absolute Gasteiger partial charge is 0.338 e. The molecule has 0 bridgehead atoms. The van der Waals surface area contributed by atoms with Crippen LogP contribution >= 0.6 is 0 Å². The average molecular weight is 317 g/mol. The van der Waals surface area contributed by atoms with E-state index in [0.717, 1.165) is 0 Å². The first-order valence-corrected chi connectivity index (χ1v) is 6.87. The fraction of sp³-hybridized carbons (Fsp3) is 0.176. The summed E-state index contributed by atoms with van der Waals surface area (Å²) in [4.78, 5) is 23.5. The molecule has 120 valence electrons. The van der Waals surface area contributed by atoms with Crippen LogP contribution in [0.15, 0.2) is 42.5 Å². The number of hydrogen-bond donors (Lipinski definition) is 1. The minimum absolute atomic E-state index is 0.229. The molecule has 0 fully saturated rings. The number of benzene rings is 2. The van der Waals surface area contributed by atoms with Crippen LogP contribution < -0.4 is 10.1 Å². The van der Waals surface area contributed by atoms with Crippen LogP contribution in [-0.2, 0) is 9.53 Å². The van der Waals surface area contributed by atoms with Crippen LogP contribution in [0.4, 0.5) is 10.1 Å². The molecule has 1 N–H and O–H groups in total. The van der Waals surface area contributed by atoms with Gasteiger partial charge in [-0.25, -0.2) is 9.18 Å². The average Bonchev–Trinajstić information content (AvgIpc) is 2.55. The van der Waals surface area contributed by atoms with E-state index in [9.17, 15) is 14.0 Å². The highest BCUT2D eigenvalue weighted by Crippen LogP contribution is 2.19. The SMILES string of the molecule is COC(=O)c1cccc(NC(=O)COc2ccc(F)cc2)c1C. The van der Waals surface area contributed by atoms with Crippen molar-refractivity contribution in [1.29, 1.82) is 0 Å². The van der Waals surface area contributed by atoms with Gasteiger partial charge in [0.25, 0.3) is 5.91 Å². The van der Waals surface area contributed by atoms with Gasteiger partial charge in [-0.3, -0.25) is 4.79 Å². The van der Waals surface area contributed by atoms with Crippen molar-refractivity contribution in [2.24, 2.45) is 0 Å². The Morgan fingerprint density at radius 2 is 1.83 bits per heavy atom. The highest BCUT2D eigenvalue weighted by Gasteiger charge is 2.13. The maximum absolute atomic E-state index is 12.8. The van der Waals surface area contributed by atoms with Crippen LogP contribution in [0.25, 0.3) is 0 Å². The van der Waals surface area contributed by atoms with Gasteiger partial charge in [-0.2, -0.15) is 0 Å². The number of ether oxygens (including phenoxy) is 2. The molecule has 1 amide bonds. The Labute approximate surface area is 133 Å². The van der Waals surface area contributed by atoms with Crippen molar-refractivity contribution in [3.05, 3.63) is 59.4 Å². The third kappa shape index (κ3) is 4.29. The fourth-order valence-corrected chi connectivity index (χ4v) is 1.97. The summed E-state index contributed by atoms with van der Waals surface area (Å²) in [5, 5.41) is 2.67. The molecule has 0 saturated carbocycles. The Morgan fingerprint density at radius 1 is 1.13 bits per heavy atom. The zero-order valence-corrected chi connectivity index (χ0v) is 12.8. The second-order valence-corrected chi connectivity index (χ2v) is 4.76. The topological polar surface area (TPSA) is 64.6 Å². The Balaban J connectivity index is 2.00. The molecule has 6 heteroatoms. The molecule has 23 heavy (non-hydrogen) atoms. The highest BCUT2D eigenvalue weighted by atomic mass is 19.1. The van der Waals surface area contributed by atoms with Crippen LogP contribution in [0.5, 0.6) is 5.75 Å². The molecule has 2 aromatic carbocycles. The number of rotatable bonds is 5. The third-order valence-corrected chi connectivity index (χ3v) is 3.20. The molecule has 0 unspecified atom stereocenters. The lowest BCUT2D eigenvalue weighted by Crippen LogP contribution is -2.21. The van der Waals surface area contributed by atoms with Gasteiger partial charge < -0.3 is 14.8 Å². The molecule has 2 rings (SSSR count). The number of anilines is 1. The first kappa shape index (κ1) is 16.5. The molecule has 0 aromatic heterocycles. The predicted octanol–water partition coefficient (Wildman–Crippen LogP) is 2.94. The van der Waals surface area contributed by atoms with Gasteiger partial charge in [0.05, 0.1) is 12.7 Å². The Bertz CT molecular complexity index is 713. The molecular formula is C17H16FNO4. The van der Waals surface area contributed by atoms with Crippen LogP contribution in [0.3, 0.4) is 0 Å². The monoisotopic (exact) mass is 317 g/mol. The van der Waals surface area contributed by atoms with Gasteiger partial charge in [0, 0.05) is 5.69 Å². The summed E-state index contributed by atoms with van der Waals surface area (Å²) in [7, 11) is 1.30. The highest BCUT2D eigenvalue weighted by molar-refractivity contribution is 5.97. The van der Waals surface area contributed by atoms with Gasteiger partial charge in [-0.05, 0) is 48.9 Å². The second kappa shape index (κ2) is 7.40. The van der Waals surface area contributed by atoms with Crippen LogP contribution in [-0.4, -0.2) is 25.6 Å². The molecule has 0 radical (unpaired) electrons. The molecule has 0 spiro atoms. The van der Waals surface area contributed by atoms with E-state index >= 15 is 0 Å². The first-order chi connectivity index (χ1) is 11.0. The normalized spacial score (nSPS) is 10.0. The van der Waals surface area contributed by atoms with Gasteiger partial charge in [0.2, 0.25) is 0 Å². The van der Waals surface area contributed by atoms with Crippen molar-refractivity contribution < 1.29 is 23.5 Å². The van der Waals surface area contributed by atoms with Crippen molar-refractivity contribution in [2.75, 3.05) is 19.0 Å². The summed E-state index contributed by atoms with van der Waals surface area (Å²) in [5.41, 5.74) is 1.49. The van der Waals surface area contributed by atoms with E-state index in [1.54, 1.807) is 25.1 Å². The summed E-state index contributed by atoms with van der Waals surface area (Å²) in [6, 6.07) is 10.3. The van der Waals surface area contributed by atoms with Gasteiger partial charge >= 0.3 is 5.97 Å². The summed E-state index contributed by atoms with van der Waals surface area (Å²) in [5.74, 6) is -0.848. The maximum atomic E-state index is 12.8. The van der Waals surface area contributed by atoms with E-state index in [1.807, 2.05) is 0 Å². The van der Waals surface area contributed by atoms with Crippen molar-refractivity contribution >= 4 is 17.6 Å². The Hall–Kier alpha value is -2.89. The van der Waals surface area contributed by atoms with Gasteiger partial charge in [-0.15, -0.1) is 0 Å². The minimum atomic E-state index is -0.471. The third-order valence-electron chi connectivity index (χ3n) is 3.20. The zero-order valence-electron chi connectivity index (χ0n) is 12.8. The number of carbonyl (C=O) groups is 2. The second-order valence-electron chi connectivity index (χ2n) is 4.76. The summed E-state index contributed by atoms with van der Waals surface area (Å²) >= 11 is 0. The van der Waals surface area contributed by atoms with Crippen molar-refractivity contribution in [3.63, 3.8) is 0 Å². The van der Waals surface area contributed by atoms with Crippen molar-refractivity contribution in [2.45, 2.75) is 6.92 Å². The molecule has 5 nitrogen and oxygen atoms in total. The van der Waals surface area contributed by atoms with Gasteiger partial charge in [-0.1, -0.05) is 6.07 Å². The van der Waals surface area contributed by atoms with Crippen LogP contribution in [0.2, 0.25) is 0 Å². The number of carbonyl (C=O) groups excluding carboxylic acids is 2. The fourth-order valence-electron chi connectivity index (χ4n) is 1.97. The lowest BCUT2D eigenvalue weighted by atomic mass is 10.1. The van der Waals surface area contributed by atoms with Crippen molar-refractivity contribution in [3.8, 4) is 5.75 Å². The quantitative estimate of drug-likeness (QED) is 0.861. The lowest BCUT2D eigenvalue weighted by molar-refractivity contribution is -0.118. The van der Waals surface area contributed by atoms with Crippen molar-refractivity contribution in [1.82, 2.24) is 0 Å². The van der Waals surface area contributed by atoms with Crippen LogP contribution in [0, 0.1) is 12.7 Å². The maximum Gasteiger partial charge on any atom is 0.338 e. The van der Waals surface area contributed by atoms with Crippen LogP contribution in [0.1, 0.15) is 15.9 Å². The van der Waals surface area contributed by atoms with E-state index in [-0.39, 0.29) is 18.3 Å². The molecular weight excluding hydrogens is 301 g/mol. The Kier molecular flexibility index (Phi) is 5.30. The largest absolute Gasteiger partial charge is 0.484 e. The summed E-state index contributed by atoms with van der Waals surface area (Å²) < 4.78 is 22.7. The van der Waals surface area contributed by atoms with E-state index < -0.39 is 5.97 Å². The molecule has 0 heterocycles. The molecule has 0 aliphatic heterocycles. The standard InChI is InChI=1S/C17H16FNO4/c1-11-14(17(21)22-2)4-3-5-15(11)19-16(20)10-23-13-8-6-12(18)7-9-13/h3-9H,10H2,1-2H3,(H,19,20).